The van der Waals surface area contributed by atoms with Crippen LogP contribution >= 0.6 is 11.3 Å². The summed E-state index contributed by atoms with van der Waals surface area (Å²) in [6.45, 7) is 2.74. The number of pyridine rings is 1. The summed E-state index contributed by atoms with van der Waals surface area (Å²) in [4.78, 5) is 16.9. The molecule has 1 N–H and O–H groups in total. The van der Waals surface area contributed by atoms with Gasteiger partial charge in [-0.2, -0.15) is 13.2 Å². The van der Waals surface area contributed by atoms with E-state index in [1.165, 1.54) is 6.07 Å². The molecular weight excluding hydrogens is 441 g/mol. The Hall–Kier alpha value is -3.17. The van der Waals surface area contributed by atoms with Crippen molar-refractivity contribution in [2.75, 3.05) is 0 Å². The lowest BCUT2D eigenvalue weighted by atomic mass is 10.1. The van der Waals surface area contributed by atoms with Gasteiger partial charge in [0.25, 0.3) is 5.91 Å². The zero-order chi connectivity index (χ0) is 22.7. The van der Waals surface area contributed by atoms with Gasteiger partial charge in [-0.1, -0.05) is 24.3 Å². The quantitative estimate of drug-likeness (QED) is 0.375. The van der Waals surface area contributed by atoms with Crippen LogP contribution in [-0.2, 0) is 30.7 Å². The van der Waals surface area contributed by atoms with Gasteiger partial charge in [0.2, 0.25) is 0 Å². The number of carbonyl (C=O) groups excluding carboxylic acids is 1. The minimum absolute atomic E-state index is 0.193. The van der Waals surface area contributed by atoms with E-state index in [4.69, 9.17) is 9.15 Å². The lowest BCUT2D eigenvalue weighted by molar-refractivity contribution is -0.140. The summed E-state index contributed by atoms with van der Waals surface area (Å²) in [6.07, 6.45) is -2.94. The summed E-state index contributed by atoms with van der Waals surface area (Å²) in [6, 6.07) is 13.5. The molecule has 0 saturated heterocycles. The Morgan fingerprint density at radius 2 is 1.94 bits per heavy atom. The van der Waals surface area contributed by atoms with Crippen LogP contribution < -0.4 is 5.32 Å². The molecule has 4 rings (SSSR count). The topological polar surface area (TPSA) is 64.4 Å². The van der Waals surface area contributed by atoms with Crippen molar-refractivity contribution in [2.24, 2.45) is 0 Å². The first-order valence-corrected chi connectivity index (χ1v) is 10.6. The number of halogens is 3. The molecule has 0 atom stereocenters. The van der Waals surface area contributed by atoms with Crippen molar-refractivity contribution in [1.82, 2.24) is 10.3 Å². The summed E-state index contributed by atoms with van der Waals surface area (Å²) in [5.41, 5.74) is 1.48. The van der Waals surface area contributed by atoms with Gasteiger partial charge in [-0.3, -0.25) is 4.79 Å². The van der Waals surface area contributed by atoms with Crippen molar-refractivity contribution in [3.05, 3.63) is 87.8 Å². The van der Waals surface area contributed by atoms with Crippen LogP contribution in [0, 0.1) is 6.92 Å². The molecule has 3 heterocycles. The molecule has 0 saturated carbocycles. The van der Waals surface area contributed by atoms with E-state index in [2.05, 4.69) is 10.3 Å². The van der Waals surface area contributed by atoms with E-state index in [1.807, 2.05) is 30.3 Å². The number of benzene rings is 1. The van der Waals surface area contributed by atoms with Crippen LogP contribution in [-0.4, -0.2) is 10.9 Å². The van der Waals surface area contributed by atoms with Crippen LogP contribution in [0.1, 0.15) is 37.8 Å². The van der Waals surface area contributed by atoms with Crippen molar-refractivity contribution < 1.29 is 27.1 Å². The zero-order valence-corrected chi connectivity index (χ0v) is 17.8. The number of hydrogen-bond donors (Lipinski definition) is 1. The van der Waals surface area contributed by atoms with Gasteiger partial charge in [0.1, 0.15) is 22.9 Å². The number of carbonyl (C=O) groups is 1. The van der Waals surface area contributed by atoms with Crippen molar-refractivity contribution >= 4 is 27.5 Å². The standard InChI is InChI=1S/C23H19F3N2O3S/c1-14-18-7-8-19(23(24,25)26)28-22(18)32-20(14)21(29)27-11-15-4-2-5-16(10-15)12-30-13-17-6-3-9-31-17/h2-10H,11-13H2,1H3,(H,27,29). The second-order valence-electron chi connectivity index (χ2n) is 7.18. The summed E-state index contributed by atoms with van der Waals surface area (Å²) in [5, 5.41) is 3.38. The van der Waals surface area contributed by atoms with E-state index in [1.54, 1.807) is 19.3 Å². The van der Waals surface area contributed by atoms with E-state index in [0.717, 1.165) is 34.3 Å². The van der Waals surface area contributed by atoms with Gasteiger partial charge in [0, 0.05) is 11.9 Å². The Morgan fingerprint density at radius 3 is 2.69 bits per heavy atom. The third-order valence-corrected chi connectivity index (χ3v) is 6.04. The van der Waals surface area contributed by atoms with E-state index in [-0.39, 0.29) is 17.3 Å². The van der Waals surface area contributed by atoms with Gasteiger partial charge in [0.05, 0.1) is 17.7 Å². The molecule has 3 aromatic heterocycles. The number of alkyl halides is 3. The van der Waals surface area contributed by atoms with Crippen molar-refractivity contribution in [1.29, 1.82) is 0 Å². The molecule has 32 heavy (non-hydrogen) atoms. The predicted octanol–water partition coefficient (Wildman–Crippen LogP) is 5.86. The molecule has 0 aliphatic rings. The second kappa shape index (κ2) is 9.13. The molecule has 1 amide bonds. The van der Waals surface area contributed by atoms with Gasteiger partial charge >= 0.3 is 6.18 Å². The molecule has 166 valence electrons. The van der Waals surface area contributed by atoms with Crippen molar-refractivity contribution in [3.8, 4) is 0 Å². The van der Waals surface area contributed by atoms with E-state index < -0.39 is 11.9 Å². The van der Waals surface area contributed by atoms with Crippen LogP contribution in [0.3, 0.4) is 0 Å². The normalized spacial score (nSPS) is 11.8. The molecule has 4 aromatic rings. The smallest absolute Gasteiger partial charge is 0.433 e. The van der Waals surface area contributed by atoms with Crippen LogP contribution in [0.4, 0.5) is 13.2 Å². The third kappa shape index (κ3) is 5.00. The maximum absolute atomic E-state index is 12.9. The Labute approximate surface area is 185 Å². The maximum atomic E-state index is 12.9. The molecule has 0 aliphatic heterocycles. The predicted molar refractivity (Wildman–Crippen MR) is 114 cm³/mol. The first-order chi connectivity index (χ1) is 15.3. The lowest BCUT2D eigenvalue weighted by Gasteiger charge is -2.08. The van der Waals surface area contributed by atoms with Gasteiger partial charge in [-0.15, -0.1) is 11.3 Å². The van der Waals surface area contributed by atoms with E-state index >= 15 is 0 Å². The molecule has 0 aliphatic carbocycles. The van der Waals surface area contributed by atoms with Crippen LogP contribution in [0.25, 0.3) is 10.2 Å². The number of amides is 1. The van der Waals surface area contributed by atoms with E-state index in [0.29, 0.717) is 29.0 Å². The molecule has 5 nitrogen and oxygen atoms in total. The highest BCUT2D eigenvalue weighted by molar-refractivity contribution is 7.20. The number of nitrogens with zero attached hydrogens (tertiary/aromatic N) is 1. The summed E-state index contributed by atoms with van der Waals surface area (Å²) in [7, 11) is 0. The minimum Gasteiger partial charge on any atom is -0.467 e. The molecule has 9 heteroatoms. The fourth-order valence-corrected chi connectivity index (χ4v) is 4.33. The molecule has 0 spiro atoms. The van der Waals surface area contributed by atoms with E-state index in [9.17, 15) is 18.0 Å². The Bertz CT molecular complexity index is 1230. The number of ether oxygens (including phenoxy) is 1. The van der Waals surface area contributed by atoms with Crippen LogP contribution in [0.5, 0.6) is 0 Å². The number of hydrogen-bond acceptors (Lipinski definition) is 5. The fraction of sp³-hybridized carbons (Fsp3) is 0.217. The maximum Gasteiger partial charge on any atom is 0.433 e. The SMILES string of the molecule is Cc1c(C(=O)NCc2cccc(COCc3ccco3)c2)sc2nc(C(F)(F)F)ccc12. The summed E-state index contributed by atoms with van der Waals surface area (Å²) >= 11 is 0.958. The molecular formula is C23H19F3N2O3S. The van der Waals surface area contributed by atoms with Crippen molar-refractivity contribution in [3.63, 3.8) is 0 Å². The molecule has 0 unspecified atom stereocenters. The number of aromatic nitrogens is 1. The lowest BCUT2D eigenvalue weighted by Crippen LogP contribution is -2.22. The fourth-order valence-electron chi connectivity index (χ4n) is 3.23. The summed E-state index contributed by atoms with van der Waals surface area (Å²) < 4.78 is 49.6. The number of fused-ring (bicyclic) bond motifs is 1. The number of furan rings is 1. The third-order valence-electron chi connectivity index (χ3n) is 4.84. The molecule has 1 aromatic carbocycles. The summed E-state index contributed by atoms with van der Waals surface area (Å²) in [5.74, 6) is 0.391. The number of nitrogens with one attached hydrogen (secondary N) is 1. The first-order valence-electron chi connectivity index (χ1n) is 9.75. The van der Waals surface area contributed by atoms with Crippen LogP contribution in [0.2, 0.25) is 0 Å². The highest BCUT2D eigenvalue weighted by Gasteiger charge is 2.33. The molecule has 0 fully saturated rings. The second-order valence-corrected chi connectivity index (χ2v) is 8.18. The Morgan fingerprint density at radius 1 is 1.12 bits per heavy atom. The van der Waals surface area contributed by atoms with Crippen molar-refractivity contribution in [2.45, 2.75) is 32.9 Å². The highest BCUT2D eigenvalue weighted by Crippen LogP contribution is 2.34. The zero-order valence-electron chi connectivity index (χ0n) is 17.0. The van der Waals surface area contributed by atoms with Gasteiger partial charge in [-0.05, 0) is 47.9 Å². The molecule has 0 bridgehead atoms. The average molecular weight is 460 g/mol. The van der Waals surface area contributed by atoms with Gasteiger partial charge in [0.15, 0.2) is 0 Å². The average Bonchev–Trinajstić information content (AvgIpc) is 3.39. The van der Waals surface area contributed by atoms with Gasteiger partial charge in [-0.25, -0.2) is 4.98 Å². The van der Waals surface area contributed by atoms with Crippen LogP contribution in [0.15, 0.2) is 59.2 Å². The minimum atomic E-state index is -4.53. The Balaban J connectivity index is 1.40. The monoisotopic (exact) mass is 460 g/mol. The highest BCUT2D eigenvalue weighted by atomic mass is 32.1. The number of rotatable bonds is 7. The van der Waals surface area contributed by atoms with Gasteiger partial charge < -0.3 is 14.5 Å². The number of thiophene rings is 1. The largest absolute Gasteiger partial charge is 0.467 e. The Kier molecular flexibility index (Phi) is 6.29. The molecule has 0 radical (unpaired) electrons. The first kappa shape index (κ1) is 22.0. The number of aryl methyl sites for hydroxylation is 1.